The van der Waals surface area contributed by atoms with Crippen LogP contribution in [0.3, 0.4) is 0 Å². The van der Waals surface area contributed by atoms with E-state index in [9.17, 15) is 0 Å². The summed E-state index contributed by atoms with van der Waals surface area (Å²) in [6.45, 7) is 7.60. The number of nitrogens with one attached hydrogen (secondary N) is 1. The van der Waals surface area contributed by atoms with Crippen molar-refractivity contribution in [1.29, 1.82) is 0 Å². The summed E-state index contributed by atoms with van der Waals surface area (Å²) < 4.78 is 5.39. The molecule has 0 saturated carbocycles. The highest BCUT2D eigenvalue weighted by atomic mass is 16.5. The molecular formula is C13H22N4O. The summed E-state index contributed by atoms with van der Waals surface area (Å²) in [5.74, 6) is 2.92. The number of rotatable bonds is 4. The van der Waals surface area contributed by atoms with Crippen LogP contribution in [-0.4, -0.2) is 43.3 Å². The van der Waals surface area contributed by atoms with E-state index in [0.29, 0.717) is 0 Å². The van der Waals surface area contributed by atoms with Crippen LogP contribution in [-0.2, 0) is 11.2 Å². The molecule has 0 aliphatic carbocycles. The lowest BCUT2D eigenvalue weighted by Crippen LogP contribution is -2.37. The molecule has 1 saturated heterocycles. The highest BCUT2D eigenvalue weighted by molar-refractivity contribution is 5.58. The van der Waals surface area contributed by atoms with Crippen LogP contribution in [0, 0.1) is 6.92 Å². The standard InChI is InChI=1S/C13H22N4O/c1-4-5-11-15-12(14-3)10(2)13(16-11)17-6-8-18-9-7-17/h4-9H2,1-3H3,(H,14,15,16). The Morgan fingerprint density at radius 2 is 2.00 bits per heavy atom. The van der Waals surface area contributed by atoms with Gasteiger partial charge in [-0.1, -0.05) is 6.92 Å². The summed E-state index contributed by atoms with van der Waals surface area (Å²) in [5.41, 5.74) is 1.12. The first-order chi connectivity index (χ1) is 8.76. The van der Waals surface area contributed by atoms with Gasteiger partial charge < -0.3 is 15.0 Å². The number of hydrogen-bond donors (Lipinski definition) is 1. The Hall–Kier alpha value is -1.36. The second-order valence-corrected chi connectivity index (χ2v) is 4.54. The second-order valence-electron chi connectivity index (χ2n) is 4.54. The van der Waals surface area contributed by atoms with Crippen LogP contribution in [0.4, 0.5) is 11.6 Å². The first-order valence-corrected chi connectivity index (χ1v) is 6.64. The summed E-state index contributed by atoms with van der Waals surface area (Å²) in [6.07, 6.45) is 1.99. The largest absolute Gasteiger partial charge is 0.378 e. The molecule has 0 aromatic carbocycles. The molecule has 2 rings (SSSR count). The Labute approximate surface area is 109 Å². The van der Waals surface area contributed by atoms with E-state index in [1.165, 1.54) is 0 Å². The number of hydrogen-bond acceptors (Lipinski definition) is 5. The van der Waals surface area contributed by atoms with Gasteiger partial charge >= 0.3 is 0 Å². The number of nitrogens with zero attached hydrogens (tertiary/aromatic N) is 3. The molecule has 1 aromatic rings. The first kappa shape index (κ1) is 13.1. The van der Waals surface area contributed by atoms with Crippen LogP contribution in [0.2, 0.25) is 0 Å². The number of aromatic nitrogens is 2. The molecule has 0 unspecified atom stereocenters. The van der Waals surface area contributed by atoms with Gasteiger partial charge in [0, 0.05) is 32.1 Å². The Balaban J connectivity index is 2.33. The number of morpholine rings is 1. The lowest BCUT2D eigenvalue weighted by Gasteiger charge is -2.29. The SMILES string of the molecule is CCCc1nc(NC)c(C)c(N2CCOCC2)n1. The summed E-state index contributed by atoms with van der Waals surface area (Å²) in [6, 6.07) is 0. The van der Waals surface area contributed by atoms with Crippen LogP contribution in [0.25, 0.3) is 0 Å². The Kier molecular flexibility index (Phi) is 4.36. The molecule has 1 aromatic heterocycles. The van der Waals surface area contributed by atoms with Crippen molar-refractivity contribution in [1.82, 2.24) is 9.97 Å². The maximum Gasteiger partial charge on any atom is 0.137 e. The van der Waals surface area contributed by atoms with E-state index in [1.807, 2.05) is 7.05 Å². The number of aryl methyl sites for hydroxylation is 1. The first-order valence-electron chi connectivity index (χ1n) is 6.64. The van der Waals surface area contributed by atoms with Gasteiger partial charge in [0.05, 0.1) is 13.2 Å². The fourth-order valence-corrected chi connectivity index (χ4v) is 2.21. The fourth-order valence-electron chi connectivity index (χ4n) is 2.21. The average molecular weight is 250 g/mol. The van der Waals surface area contributed by atoms with Crippen molar-refractivity contribution in [2.45, 2.75) is 26.7 Å². The Morgan fingerprint density at radius 3 is 2.61 bits per heavy atom. The van der Waals surface area contributed by atoms with Crippen LogP contribution < -0.4 is 10.2 Å². The van der Waals surface area contributed by atoms with Crippen molar-refractivity contribution < 1.29 is 4.74 Å². The Bertz CT molecular complexity index is 402. The van der Waals surface area contributed by atoms with Gasteiger partial charge in [-0.15, -0.1) is 0 Å². The van der Waals surface area contributed by atoms with Gasteiger partial charge in [-0.3, -0.25) is 0 Å². The fraction of sp³-hybridized carbons (Fsp3) is 0.692. The van der Waals surface area contributed by atoms with Gasteiger partial charge in [-0.2, -0.15) is 0 Å². The lowest BCUT2D eigenvalue weighted by atomic mass is 10.2. The summed E-state index contributed by atoms with van der Waals surface area (Å²) in [5, 5.41) is 3.16. The Morgan fingerprint density at radius 1 is 1.28 bits per heavy atom. The van der Waals surface area contributed by atoms with E-state index >= 15 is 0 Å². The van der Waals surface area contributed by atoms with Gasteiger partial charge in [0.25, 0.3) is 0 Å². The molecule has 0 atom stereocenters. The molecule has 1 aliphatic heterocycles. The smallest absolute Gasteiger partial charge is 0.137 e. The molecule has 1 aliphatic rings. The van der Waals surface area contributed by atoms with Crippen LogP contribution in [0.1, 0.15) is 24.7 Å². The molecule has 18 heavy (non-hydrogen) atoms. The van der Waals surface area contributed by atoms with Gasteiger partial charge in [-0.25, -0.2) is 9.97 Å². The zero-order valence-electron chi connectivity index (χ0n) is 11.5. The molecular weight excluding hydrogens is 228 g/mol. The summed E-state index contributed by atoms with van der Waals surface area (Å²) >= 11 is 0. The molecule has 5 heteroatoms. The van der Waals surface area contributed by atoms with Crippen molar-refractivity contribution in [3.8, 4) is 0 Å². The third-order valence-electron chi connectivity index (χ3n) is 3.19. The van der Waals surface area contributed by atoms with E-state index in [-0.39, 0.29) is 0 Å². The van der Waals surface area contributed by atoms with Crippen molar-refractivity contribution in [3.63, 3.8) is 0 Å². The normalized spacial score (nSPS) is 15.8. The van der Waals surface area contributed by atoms with E-state index < -0.39 is 0 Å². The molecule has 1 fully saturated rings. The molecule has 0 radical (unpaired) electrons. The maximum absolute atomic E-state index is 5.39. The van der Waals surface area contributed by atoms with E-state index in [2.05, 4.69) is 29.0 Å². The number of ether oxygens (including phenoxy) is 1. The molecule has 5 nitrogen and oxygen atoms in total. The van der Waals surface area contributed by atoms with Crippen LogP contribution in [0.15, 0.2) is 0 Å². The van der Waals surface area contributed by atoms with Crippen molar-refractivity contribution >= 4 is 11.6 Å². The third-order valence-corrected chi connectivity index (χ3v) is 3.19. The molecule has 1 N–H and O–H groups in total. The van der Waals surface area contributed by atoms with Crippen molar-refractivity contribution in [2.24, 2.45) is 0 Å². The van der Waals surface area contributed by atoms with Crippen molar-refractivity contribution in [2.75, 3.05) is 43.6 Å². The minimum absolute atomic E-state index is 0.779. The molecule has 100 valence electrons. The van der Waals surface area contributed by atoms with E-state index in [0.717, 1.165) is 62.2 Å². The highest BCUT2D eigenvalue weighted by Gasteiger charge is 2.18. The minimum atomic E-state index is 0.779. The molecule has 0 bridgehead atoms. The molecule has 0 spiro atoms. The highest BCUT2D eigenvalue weighted by Crippen LogP contribution is 2.24. The minimum Gasteiger partial charge on any atom is -0.378 e. The van der Waals surface area contributed by atoms with Gasteiger partial charge in [-0.05, 0) is 13.3 Å². The maximum atomic E-state index is 5.39. The zero-order chi connectivity index (χ0) is 13.0. The predicted molar refractivity (Wildman–Crippen MR) is 73.3 cm³/mol. The summed E-state index contributed by atoms with van der Waals surface area (Å²) in [4.78, 5) is 11.6. The average Bonchev–Trinajstić information content (AvgIpc) is 2.42. The molecule has 2 heterocycles. The van der Waals surface area contributed by atoms with E-state index in [4.69, 9.17) is 9.72 Å². The van der Waals surface area contributed by atoms with Crippen molar-refractivity contribution in [3.05, 3.63) is 11.4 Å². The lowest BCUT2D eigenvalue weighted by molar-refractivity contribution is 0.122. The van der Waals surface area contributed by atoms with Gasteiger partial charge in [0.2, 0.25) is 0 Å². The topological polar surface area (TPSA) is 50.3 Å². The second kappa shape index (κ2) is 6.00. The number of anilines is 2. The van der Waals surface area contributed by atoms with Gasteiger partial charge in [0.15, 0.2) is 0 Å². The zero-order valence-corrected chi connectivity index (χ0v) is 11.5. The predicted octanol–water partition coefficient (Wildman–Crippen LogP) is 1.62. The summed E-state index contributed by atoms with van der Waals surface area (Å²) in [7, 11) is 1.91. The van der Waals surface area contributed by atoms with Gasteiger partial charge in [0.1, 0.15) is 17.5 Å². The monoisotopic (exact) mass is 250 g/mol. The van der Waals surface area contributed by atoms with E-state index in [1.54, 1.807) is 0 Å². The quantitative estimate of drug-likeness (QED) is 0.880. The third kappa shape index (κ3) is 2.72. The van der Waals surface area contributed by atoms with Crippen LogP contribution >= 0.6 is 0 Å². The molecule has 0 amide bonds. The van der Waals surface area contributed by atoms with Crippen LogP contribution in [0.5, 0.6) is 0 Å².